The average molecular weight is 558 g/mol. The van der Waals surface area contributed by atoms with E-state index in [-0.39, 0.29) is 11.3 Å². The zero-order valence-electron chi connectivity index (χ0n) is 21.7. The number of carbonyl (C=O) groups is 2. The number of aliphatic hydroxyl groups excluding tert-OH is 1. The second kappa shape index (κ2) is 11.4. The minimum atomic E-state index is -0.847. The summed E-state index contributed by atoms with van der Waals surface area (Å²) in [6.45, 7) is 6.40. The Morgan fingerprint density at radius 3 is 2.23 bits per heavy atom. The van der Waals surface area contributed by atoms with Gasteiger partial charge < -0.3 is 9.84 Å². The maximum absolute atomic E-state index is 13.4. The summed E-state index contributed by atoms with van der Waals surface area (Å²) in [6, 6.07) is 21.7. The number of hydrogen-bond donors (Lipinski definition) is 1. The van der Waals surface area contributed by atoms with Crippen LogP contribution in [-0.2, 0) is 15.3 Å². The summed E-state index contributed by atoms with van der Waals surface area (Å²) in [6.07, 6.45) is 0. The second-order valence-electron chi connectivity index (χ2n) is 9.16. The lowest BCUT2D eigenvalue weighted by atomic mass is 9.95. The molecule has 2 heterocycles. The fourth-order valence-corrected chi connectivity index (χ4v) is 6.14. The van der Waals surface area contributed by atoms with Crippen molar-refractivity contribution in [3.8, 4) is 5.75 Å². The van der Waals surface area contributed by atoms with Gasteiger partial charge in [0.05, 0.1) is 18.2 Å². The molecule has 198 valence electrons. The Kier molecular flexibility index (Phi) is 7.81. The predicted octanol–water partition coefficient (Wildman–Crippen LogP) is 6.47. The van der Waals surface area contributed by atoms with Crippen LogP contribution in [0.3, 0.4) is 0 Å². The molecule has 0 spiro atoms. The number of hydrogen-bond acceptors (Lipinski definition) is 8. The number of anilines is 1. The summed E-state index contributed by atoms with van der Waals surface area (Å²) in [5, 5.41) is 20.2. The highest BCUT2D eigenvalue weighted by atomic mass is 32.2. The van der Waals surface area contributed by atoms with E-state index in [4.69, 9.17) is 4.74 Å². The molecular formula is C30H27N3O4S2. The SMILES string of the molecule is CCOc1ccc(/C(O)=C2/C(=O)C(=O)N(c3nnc(SCc4ccc(C)cc4)s3)C2c2ccc(C)cc2)cc1. The number of Topliss-reactive ketones (excluding diaryl/α,β-unsaturated/α-hetero) is 1. The van der Waals surface area contributed by atoms with Crippen LogP contribution in [-0.4, -0.2) is 33.6 Å². The standard InChI is InChI=1S/C30H27N3O4S2/c1-4-37-23-15-13-22(14-16-23)26(34)24-25(21-11-7-19(3)8-12-21)33(28(36)27(24)35)29-31-32-30(39-29)38-17-20-9-5-18(2)6-10-20/h5-16,25,34H,4,17H2,1-3H3/b26-24-. The van der Waals surface area contributed by atoms with Gasteiger partial charge in [-0.2, -0.15) is 0 Å². The second-order valence-corrected chi connectivity index (χ2v) is 11.3. The first-order valence-electron chi connectivity index (χ1n) is 12.5. The van der Waals surface area contributed by atoms with Gasteiger partial charge in [-0.1, -0.05) is 82.8 Å². The highest BCUT2D eigenvalue weighted by molar-refractivity contribution is 8.00. The summed E-state index contributed by atoms with van der Waals surface area (Å²) < 4.78 is 6.18. The molecular weight excluding hydrogens is 530 g/mol. The maximum atomic E-state index is 13.4. The molecule has 7 nitrogen and oxygen atoms in total. The van der Waals surface area contributed by atoms with Crippen molar-refractivity contribution in [1.82, 2.24) is 10.2 Å². The van der Waals surface area contributed by atoms with Gasteiger partial charge >= 0.3 is 5.91 Å². The Morgan fingerprint density at radius 1 is 0.949 bits per heavy atom. The number of amides is 1. The average Bonchev–Trinajstić information content (AvgIpc) is 3.51. The van der Waals surface area contributed by atoms with Crippen LogP contribution in [0.5, 0.6) is 5.75 Å². The molecule has 1 unspecified atom stereocenters. The van der Waals surface area contributed by atoms with Crippen LogP contribution in [0.15, 0.2) is 82.7 Å². The van der Waals surface area contributed by atoms with E-state index in [1.165, 1.54) is 33.6 Å². The van der Waals surface area contributed by atoms with Crippen molar-refractivity contribution in [1.29, 1.82) is 0 Å². The molecule has 0 saturated carbocycles. The number of rotatable bonds is 8. The van der Waals surface area contributed by atoms with Gasteiger partial charge in [0.15, 0.2) is 4.34 Å². The molecule has 1 fully saturated rings. The molecule has 1 saturated heterocycles. The molecule has 1 N–H and O–H groups in total. The molecule has 1 amide bonds. The largest absolute Gasteiger partial charge is 0.507 e. The zero-order valence-corrected chi connectivity index (χ0v) is 23.4. The quantitative estimate of drug-likeness (QED) is 0.0872. The first-order chi connectivity index (χ1) is 18.9. The molecule has 4 aromatic rings. The van der Waals surface area contributed by atoms with Crippen LogP contribution in [0, 0.1) is 13.8 Å². The van der Waals surface area contributed by atoms with Crippen molar-refractivity contribution in [3.63, 3.8) is 0 Å². The van der Waals surface area contributed by atoms with E-state index in [2.05, 4.69) is 34.5 Å². The summed E-state index contributed by atoms with van der Waals surface area (Å²) >= 11 is 2.77. The van der Waals surface area contributed by atoms with Crippen LogP contribution in [0.1, 0.15) is 40.8 Å². The molecule has 39 heavy (non-hydrogen) atoms. The third-order valence-corrected chi connectivity index (χ3v) is 8.49. The van der Waals surface area contributed by atoms with Crippen molar-refractivity contribution < 1.29 is 19.4 Å². The van der Waals surface area contributed by atoms with Crippen LogP contribution < -0.4 is 9.64 Å². The molecule has 5 rings (SSSR count). The van der Waals surface area contributed by atoms with E-state index >= 15 is 0 Å². The summed E-state index contributed by atoms with van der Waals surface area (Å²) in [5.41, 5.74) is 4.50. The molecule has 1 atom stereocenters. The number of aryl methyl sites for hydroxylation is 2. The number of benzene rings is 3. The van der Waals surface area contributed by atoms with E-state index in [0.717, 1.165) is 11.1 Å². The van der Waals surface area contributed by atoms with Crippen LogP contribution >= 0.6 is 23.1 Å². The summed E-state index contributed by atoms with van der Waals surface area (Å²) in [7, 11) is 0. The van der Waals surface area contributed by atoms with Crippen molar-refractivity contribution in [2.75, 3.05) is 11.5 Å². The first-order valence-corrected chi connectivity index (χ1v) is 14.3. The van der Waals surface area contributed by atoms with Gasteiger partial charge in [-0.3, -0.25) is 14.5 Å². The van der Waals surface area contributed by atoms with Gasteiger partial charge in [-0.05, 0) is 56.2 Å². The molecule has 0 bridgehead atoms. The van der Waals surface area contributed by atoms with Gasteiger partial charge in [0.2, 0.25) is 5.13 Å². The summed E-state index contributed by atoms with van der Waals surface area (Å²) in [5.74, 6) is -0.417. The number of nitrogens with zero attached hydrogens (tertiary/aromatic N) is 3. The zero-order chi connectivity index (χ0) is 27.5. The Hall–Kier alpha value is -3.95. The van der Waals surface area contributed by atoms with Crippen molar-refractivity contribution in [3.05, 3.63) is 106 Å². The topological polar surface area (TPSA) is 92.6 Å². The highest BCUT2D eigenvalue weighted by Gasteiger charge is 2.48. The number of aliphatic hydroxyl groups is 1. The molecule has 1 aliphatic heterocycles. The van der Waals surface area contributed by atoms with Crippen molar-refractivity contribution >= 4 is 45.7 Å². The van der Waals surface area contributed by atoms with Gasteiger partial charge in [-0.25, -0.2) is 0 Å². The van der Waals surface area contributed by atoms with E-state index in [1.54, 1.807) is 24.3 Å². The molecule has 1 aromatic heterocycles. The lowest BCUT2D eigenvalue weighted by Gasteiger charge is -2.22. The van der Waals surface area contributed by atoms with Crippen molar-refractivity contribution in [2.45, 2.75) is 36.9 Å². The molecule has 1 aliphatic rings. The highest BCUT2D eigenvalue weighted by Crippen LogP contribution is 2.44. The number of thioether (sulfide) groups is 1. The van der Waals surface area contributed by atoms with Crippen LogP contribution in [0.2, 0.25) is 0 Å². The smallest absolute Gasteiger partial charge is 0.301 e. The van der Waals surface area contributed by atoms with Gasteiger partial charge in [0.1, 0.15) is 11.5 Å². The molecule has 3 aromatic carbocycles. The summed E-state index contributed by atoms with van der Waals surface area (Å²) in [4.78, 5) is 28.1. The number of ketones is 1. The van der Waals surface area contributed by atoms with Crippen LogP contribution in [0.4, 0.5) is 5.13 Å². The third-order valence-electron chi connectivity index (χ3n) is 6.36. The fourth-order valence-electron chi connectivity index (χ4n) is 4.31. The Morgan fingerprint density at radius 2 is 1.59 bits per heavy atom. The van der Waals surface area contributed by atoms with E-state index in [9.17, 15) is 14.7 Å². The van der Waals surface area contributed by atoms with E-state index in [0.29, 0.717) is 38.7 Å². The number of ether oxygens (including phenoxy) is 1. The van der Waals surface area contributed by atoms with Gasteiger partial charge in [0, 0.05) is 11.3 Å². The lowest BCUT2D eigenvalue weighted by molar-refractivity contribution is -0.132. The monoisotopic (exact) mass is 557 g/mol. The first kappa shape index (κ1) is 26.6. The Balaban J connectivity index is 1.51. The van der Waals surface area contributed by atoms with Crippen LogP contribution in [0.25, 0.3) is 5.76 Å². The Bertz CT molecular complexity index is 1530. The third kappa shape index (κ3) is 5.60. The molecule has 0 radical (unpaired) electrons. The number of aromatic nitrogens is 2. The normalized spacial score (nSPS) is 16.6. The van der Waals surface area contributed by atoms with Gasteiger partial charge in [0.25, 0.3) is 5.78 Å². The molecule has 0 aliphatic carbocycles. The number of carbonyl (C=O) groups excluding carboxylic acids is 2. The minimum absolute atomic E-state index is 0.0112. The fraction of sp³-hybridized carbons (Fsp3) is 0.200. The molecule has 9 heteroatoms. The van der Waals surface area contributed by atoms with E-state index < -0.39 is 17.7 Å². The van der Waals surface area contributed by atoms with Crippen molar-refractivity contribution in [2.24, 2.45) is 0 Å². The predicted molar refractivity (Wildman–Crippen MR) is 154 cm³/mol. The minimum Gasteiger partial charge on any atom is -0.507 e. The van der Waals surface area contributed by atoms with Gasteiger partial charge in [-0.15, -0.1) is 10.2 Å². The maximum Gasteiger partial charge on any atom is 0.301 e. The lowest BCUT2D eigenvalue weighted by Crippen LogP contribution is -2.29. The Labute approximate surface area is 235 Å². The van der Waals surface area contributed by atoms with E-state index in [1.807, 2.05) is 45.0 Å².